The smallest absolute Gasteiger partial charge is 0.342 e. The molecule has 0 bridgehead atoms. The number of carbonyl (C=O) groups excluding carboxylic acids is 1. The second-order valence-corrected chi connectivity index (χ2v) is 7.88. The third-order valence-electron chi connectivity index (χ3n) is 4.90. The maximum absolute atomic E-state index is 14.6. The summed E-state index contributed by atoms with van der Waals surface area (Å²) in [6, 6.07) is 7.87. The van der Waals surface area contributed by atoms with Gasteiger partial charge in [-0.1, -0.05) is 56.3 Å². The van der Waals surface area contributed by atoms with E-state index in [0.29, 0.717) is 0 Å². The molecule has 2 aromatic rings. The van der Waals surface area contributed by atoms with Crippen LogP contribution in [0.3, 0.4) is 0 Å². The van der Waals surface area contributed by atoms with Gasteiger partial charge in [0.05, 0.1) is 12.1 Å². The molecule has 2 rings (SSSR count). The molecule has 0 saturated heterocycles. The highest BCUT2D eigenvalue weighted by atomic mass is 19.4. The van der Waals surface area contributed by atoms with Gasteiger partial charge in [-0.2, -0.15) is 27.2 Å². The molecule has 4 nitrogen and oxygen atoms in total. The van der Waals surface area contributed by atoms with Crippen LogP contribution in [0.2, 0.25) is 0 Å². The minimum atomic E-state index is -5.90. The first-order valence-electron chi connectivity index (χ1n) is 10.1. The Morgan fingerprint density at radius 1 is 1.03 bits per heavy atom. The molecule has 0 fully saturated rings. The summed E-state index contributed by atoms with van der Waals surface area (Å²) in [6.07, 6.45) is -5.95. The van der Waals surface area contributed by atoms with Crippen molar-refractivity contribution in [3.8, 4) is 17.2 Å². The van der Waals surface area contributed by atoms with Crippen LogP contribution in [0.25, 0.3) is 11.1 Å². The Hall–Kier alpha value is -3.06. The lowest BCUT2D eigenvalue weighted by atomic mass is 9.94. The van der Waals surface area contributed by atoms with E-state index >= 15 is 0 Å². The van der Waals surface area contributed by atoms with E-state index < -0.39 is 48.0 Å². The Bertz CT molecular complexity index is 983. The van der Waals surface area contributed by atoms with Crippen LogP contribution >= 0.6 is 0 Å². The third kappa shape index (κ3) is 6.48. The van der Waals surface area contributed by atoms with Gasteiger partial charge in [-0.25, -0.2) is 4.39 Å². The zero-order valence-corrected chi connectivity index (χ0v) is 17.9. The molecule has 1 amide bonds. The molecule has 0 radical (unpaired) electrons. The van der Waals surface area contributed by atoms with Crippen molar-refractivity contribution in [2.45, 2.75) is 44.5 Å². The van der Waals surface area contributed by atoms with Crippen molar-refractivity contribution >= 4 is 5.91 Å². The number of hydrogen-bond donors (Lipinski definition) is 2. The molecule has 0 aliphatic carbocycles. The normalized spacial score (nSPS) is 13.9. The quantitative estimate of drug-likeness (QED) is 0.382. The molecule has 178 valence electrons. The lowest BCUT2D eigenvalue weighted by Gasteiger charge is -2.33. The largest absolute Gasteiger partial charge is 0.455 e. The lowest BCUT2D eigenvalue weighted by molar-refractivity contribution is -0.295. The fourth-order valence-electron chi connectivity index (χ4n) is 3.30. The van der Waals surface area contributed by atoms with Gasteiger partial charge in [0, 0.05) is 5.56 Å². The summed E-state index contributed by atoms with van der Waals surface area (Å²) in [5.41, 5.74) is 0.0142. The Labute approximate surface area is 187 Å². The molecule has 0 saturated carbocycles. The van der Waals surface area contributed by atoms with Crippen molar-refractivity contribution in [1.82, 2.24) is 10.6 Å². The van der Waals surface area contributed by atoms with E-state index in [9.17, 15) is 31.1 Å². The zero-order chi connectivity index (χ0) is 24.8. The predicted molar refractivity (Wildman–Crippen MR) is 111 cm³/mol. The molecule has 2 aromatic carbocycles. The SMILES string of the molecule is CC(C)C[C@H](N[C@@H](c1ccc(-c2ccccc2F)cc1)C(F)(F)C(F)(F)F)C(=O)NCC#N. The first kappa shape index (κ1) is 26.2. The fourth-order valence-corrected chi connectivity index (χ4v) is 3.30. The number of nitrogens with one attached hydrogen (secondary N) is 2. The number of halogens is 6. The maximum Gasteiger partial charge on any atom is 0.455 e. The summed E-state index contributed by atoms with van der Waals surface area (Å²) in [7, 11) is 0. The molecular weight excluding hydrogens is 448 g/mol. The number of hydrogen-bond acceptors (Lipinski definition) is 3. The molecule has 2 atom stereocenters. The summed E-state index contributed by atoms with van der Waals surface area (Å²) in [5, 5.41) is 13.0. The van der Waals surface area contributed by atoms with Gasteiger partial charge < -0.3 is 5.32 Å². The van der Waals surface area contributed by atoms with Gasteiger partial charge in [-0.3, -0.25) is 10.1 Å². The van der Waals surface area contributed by atoms with E-state index in [1.807, 2.05) is 0 Å². The first-order valence-corrected chi connectivity index (χ1v) is 10.1. The van der Waals surface area contributed by atoms with Gasteiger partial charge in [-0.15, -0.1) is 0 Å². The minimum Gasteiger partial charge on any atom is -0.342 e. The summed E-state index contributed by atoms with van der Waals surface area (Å²) in [6.45, 7) is 2.92. The van der Waals surface area contributed by atoms with Gasteiger partial charge in [0.1, 0.15) is 18.4 Å². The van der Waals surface area contributed by atoms with Crippen molar-refractivity contribution in [2.75, 3.05) is 6.54 Å². The second kappa shape index (κ2) is 10.7. The number of nitriles is 1. The highest BCUT2D eigenvalue weighted by Crippen LogP contribution is 2.45. The summed E-state index contributed by atoms with van der Waals surface area (Å²) >= 11 is 0. The molecule has 0 aromatic heterocycles. The maximum atomic E-state index is 14.6. The number of alkyl halides is 5. The number of rotatable bonds is 9. The van der Waals surface area contributed by atoms with Crippen LogP contribution in [0, 0.1) is 23.1 Å². The topological polar surface area (TPSA) is 64.9 Å². The highest BCUT2D eigenvalue weighted by Gasteiger charge is 2.63. The monoisotopic (exact) mass is 471 g/mol. The lowest BCUT2D eigenvalue weighted by Crippen LogP contribution is -2.54. The van der Waals surface area contributed by atoms with E-state index in [0.717, 1.165) is 12.1 Å². The molecule has 0 unspecified atom stereocenters. The Morgan fingerprint density at radius 3 is 2.15 bits per heavy atom. The minimum absolute atomic E-state index is 0.0466. The third-order valence-corrected chi connectivity index (χ3v) is 4.90. The van der Waals surface area contributed by atoms with Crippen molar-refractivity contribution < 1.29 is 31.1 Å². The molecule has 0 aliphatic heterocycles. The van der Waals surface area contributed by atoms with Gasteiger partial charge in [0.15, 0.2) is 0 Å². The summed E-state index contributed by atoms with van der Waals surface area (Å²) in [5.74, 6) is -6.89. The molecule has 0 heterocycles. The van der Waals surface area contributed by atoms with E-state index in [4.69, 9.17) is 5.26 Å². The molecule has 2 N–H and O–H groups in total. The van der Waals surface area contributed by atoms with Crippen LogP contribution in [0.1, 0.15) is 31.9 Å². The van der Waals surface area contributed by atoms with Crippen molar-refractivity contribution in [2.24, 2.45) is 5.92 Å². The highest BCUT2D eigenvalue weighted by molar-refractivity contribution is 5.82. The number of amides is 1. The van der Waals surface area contributed by atoms with E-state index in [2.05, 4.69) is 10.6 Å². The van der Waals surface area contributed by atoms with Crippen LogP contribution in [-0.4, -0.2) is 30.6 Å². The zero-order valence-electron chi connectivity index (χ0n) is 17.9. The number of benzene rings is 2. The van der Waals surface area contributed by atoms with Crippen molar-refractivity contribution in [3.63, 3.8) is 0 Å². The predicted octanol–water partition coefficient (Wildman–Crippen LogP) is 5.38. The van der Waals surface area contributed by atoms with Gasteiger partial charge >= 0.3 is 12.1 Å². The van der Waals surface area contributed by atoms with Crippen LogP contribution in [-0.2, 0) is 4.79 Å². The van der Waals surface area contributed by atoms with Crippen LogP contribution < -0.4 is 10.6 Å². The Balaban J connectivity index is 2.47. The molecular formula is C23H23F6N3O. The fraction of sp³-hybridized carbons (Fsp3) is 0.391. The number of carbonyl (C=O) groups is 1. The Kier molecular flexibility index (Phi) is 8.50. The Morgan fingerprint density at radius 2 is 1.64 bits per heavy atom. The van der Waals surface area contributed by atoms with E-state index in [-0.39, 0.29) is 23.5 Å². The van der Waals surface area contributed by atoms with Gasteiger partial charge in [0.25, 0.3) is 0 Å². The molecule has 33 heavy (non-hydrogen) atoms. The first-order chi connectivity index (χ1) is 15.4. The van der Waals surface area contributed by atoms with Crippen LogP contribution in [0.5, 0.6) is 0 Å². The van der Waals surface area contributed by atoms with Crippen molar-refractivity contribution in [3.05, 3.63) is 59.9 Å². The van der Waals surface area contributed by atoms with Gasteiger partial charge in [0.2, 0.25) is 5.91 Å². The van der Waals surface area contributed by atoms with Crippen molar-refractivity contribution in [1.29, 1.82) is 5.26 Å². The standard InChI is InChI=1S/C23H23F6N3O/c1-14(2)13-19(21(33)31-12-11-30)32-20(22(25,26)23(27,28)29)16-9-7-15(8-10-16)17-5-3-4-6-18(17)24/h3-10,14,19-20,32H,12-13H2,1-2H3,(H,31,33)/t19-,20-/m0/s1. The molecule has 0 spiro atoms. The van der Waals surface area contributed by atoms with E-state index in [1.54, 1.807) is 26.0 Å². The summed E-state index contributed by atoms with van der Waals surface area (Å²) in [4.78, 5) is 12.4. The van der Waals surface area contributed by atoms with Gasteiger partial charge in [-0.05, 0) is 29.5 Å². The number of nitrogens with zero attached hydrogens (tertiary/aromatic N) is 1. The van der Waals surface area contributed by atoms with Crippen LogP contribution in [0.4, 0.5) is 26.3 Å². The summed E-state index contributed by atoms with van der Waals surface area (Å²) < 4.78 is 83.0. The molecule has 10 heteroatoms. The average Bonchev–Trinajstić information content (AvgIpc) is 2.74. The van der Waals surface area contributed by atoms with Crippen LogP contribution in [0.15, 0.2) is 48.5 Å². The second-order valence-electron chi connectivity index (χ2n) is 7.88. The molecule has 0 aliphatic rings. The van der Waals surface area contributed by atoms with E-state index in [1.165, 1.54) is 30.3 Å². The average molecular weight is 471 g/mol.